The molecule has 1 heterocycles. The van der Waals surface area contributed by atoms with E-state index < -0.39 is 23.7 Å². The number of esters is 1. The summed E-state index contributed by atoms with van der Waals surface area (Å²) >= 11 is 0. The maximum absolute atomic E-state index is 12.7. The van der Waals surface area contributed by atoms with E-state index in [2.05, 4.69) is 4.74 Å². The number of ether oxygens (including phenoxy) is 2. The van der Waals surface area contributed by atoms with Crippen LogP contribution in [-0.4, -0.2) is 5.97 Å². The lowest BCUT2D eigenvalue weighted by Gasteiger charge is -2.06. The summed E-state index contributed by atoms with van der Waals surface area (Å²) in [6.45, 7) is 0. The number of benzene rings is 2. The van der Waals surface area contributed by atoms with E-state index in [0.29, 0.717) is 11.0 Å². The predicted molar refractivity (Wildman–Crippen MR) is 84.9 cm³/mol. The van der Waals surface area contributed by atoms with E-state index in [1.807, 2.05) is 0 Å². The van der Waals surface area contributed by atoms with Crippen LogP contribution < -0.4 is 15.1 Å². The lowest BCUT2D eigenvalue weighted by molar-refractivity contribution is 0.0735. The first-order valence-corrected chi connectivity index (χ1v) is 7.17. The predicted octanol–water partition coefficient (Wildman–Crippen LogP) is 4.43. The molecule has 8 heteroatoms. The van der Waals surface area contributed by atoms with E-state index >= 15 is 0 Å². The van der Waals surface area contributed by atoms with Crippen molar-refractivity contribution in [2.24, 2.45) is 0 Å². The second-order valence-corrected chi connectivity index (χ2v) is 5.00. The highest BCUT2D eigenvalue weighted by molar-refractivity contribution is 5.91. The average molecular weight is 362 g/mol. The zero-order valence-electron chi connectivity index (χ0n) is 12.9. The Kier molecular flexibility index (Phi) is 4.74. The van der Waals surface area contributed by atoms with Crippen LogP contribution in [0.15, 0.2) is 75.9 Å². The molecule has 0 radical (unpaired) electrons. The van der Waals surface area contributed by atoms with Crippen molar-refractivity contribution in [3.63, 3.8) is 0 Å². The molecule has 132 valence electrons. The molecule has 0 amide bonds. The van der Waals surface area contributed by atoms with Crippen molar-refractivity contribution in [2.45, 2.75) is 0 Å². The summed E-state index contributed by atoms with van der Waals surface area (Å²) in [5.74, 6) is -0.710. The molecular weight excluding hydrogens is 353 g/mol. The van der Waals surface area contributed by atoms with Crippen LogP contribution in [-0.2, 0) is 0 Å². The second-order valence-electron chi connectivity index (χ2n) is 5.00. The average Bonchev–Trinajstić information content (AvgIpc) is 2.62. The molecule has 1 aromatic heterocycles. The summed E-state index contributed by atoms with van der Waals surface area (Å²) in [4.78, 5) is 23.2. The Morgan fingerprint density at radius 2 is 1.54 bits per heavy atom. The number of carbonyl (C=O) groups excluding carboxylic acids is 1. The largest absolute Gasteiger partial charge is 0.428 e. The Hall–Kier alpha value is -3.55. The van der Waals surface area contributed by atoms with Crippen LogP contribution in [0, 0.1) is 0 Å². The van der Waals surface area contributed by atoms with Gasteiger partial charge in [-0.15, -0.1) is 0 Å². The summed E-state index contributed by atoms with van der Waals surface area (Å²) in [5.41, 5.74) is -0.0559. The standard InChI is InChI=1S/C18H9F3O5/c19-16(20)17(21)24-12-4-1-10(2-5-12)18(23)25-13-6-7-14-11(9-13)3-8-15(22)26-14/h1-9H. The molecule has 3 rings (SSSR count). The molecule has 26 heavy (non-hydrogen) atoms. The molecule has 0 fully saturated rings. The highest BCUT2D eigenvalue weighted by Gasteiger charge is 2.12. The number of carbonyl (C=O) groups is 1. The smallest absolute Gasteiger partial charge is 0.344 e. The molecule has 0 saturated heterocycles. The van der Waals surface area contributed by atoms with Gasteiger partial charge in [0, 0.05) is 11.5 Å². The normalized spacial score (nSPS) is 10.4. The number of hydrogen-bond acceptors (Lipinski definition) is 5. The maximum Gasteiger partial charge on any atom is 0.344 e. The summed E-state index contributed by atoms with van der Waals surface area (Å²) in [6, 6.07) is 9.96. The van der Waals surface area contributed by atoms with Gasteiger partial charge in [-0.05, 0) is 48.5 Å². The van der Waals surface area contributed by atoms with E-state index in [1.54, 1.807) is 0 Å². The zero-order valence-corrected chi connectivity index (χ0v) is 12.9. The van der Waals surface area contributed by atoms with Gasteiger partial charge < -0.3 is 13.9 Å². The van der Waals surface area contributed by atoms with Gasteiger partial charge in [0.15, 0.2) is 0 Å². The van der Waals surface area contributed by atoms with Gasteiger partial charge in [-0.1, -0.05) is 0 Å². The molecule has 2 aromatic carbocycles. The fourth-order valence-corrected chi connectivity index (χ4v) is 2.08. The highest BCUT2D eigenvalue weighted by Crippen LogP contribution is 2.22. The van der Waals surface area contributed by atoms with Gasteiger partial charge in [0.2, 0.25) is 0 Å². The van der Waals surface area contributed by atoms with Crippen LogP contribution in [0.4, 0.5) is 13.2 Å². The lowest BCUT2D eigenvalue weighted by atomic mass is 10.2. The Labute approximate surface area is 143 Å². The first-order chi connectivity index (χ1) is 12.4. The fourth-order valence-electron chi connectivity index (χ4n) is 2.08. The molecule has 0 aliphatic heterocycles. The van der Waals surface area contributed by atoms with Gasteiger partial charge in [-0.3, -0.25) is 0 Å². The minimum atomic E-state index is -2.58. The summed E-state index contributed by atoms with van der Waals surface area (Å²) < 4.78 is 51.1. The van der Waals surface area contributed by atoms with Gasteiger partial charge in [-0.2, -0.15) is 13.2 Å². The minimum absolute atomic E-state index is 0.0992. The van der Waals surface area contributed by atoms with Crippen LogP contribution in [0.5, 0.6) is 11.5 Å². The Balaban J connectivity index is 1.74. The quantitative estimate of drug-likeness (QED) is 0.297. The molecule has 0 aliphatic carbocycles. The van der Waals surface area contributed by atoms with E-state index in [1.165, 1.54) is 42.5 Å². The first-order valence-electron chi connectivity index (χ1n) is 7.17. The van der Waals surface area contributed by atoms with E-state index in [0.717, 1.165) is 12.1 Å². The Morgan fingerprint density at radius 3 is 2.23 bits per heavy atom. The molecule has 0 spiro atoms. The molecule has 0 aliphatic rings. The Morgan fingerprint density at radius 1 is 0.846 bits per heavy atom. The minimum Gasteiger partial charge on any atom is -0.428 e. The second kappa shape index (κ2) is 7.14. The van der Waals surface area contributed by atoms with Crippen molar-refractivity contribution in [2.75, 3.05) is 0 Å². The van der Waals surface area contributed by atoms with Crippen molar-refractivity contribution < 1.29 is 31.9 Å². The fraction of sp³-hybridized carbons (Fsp3) is 0. The summed E-state index contributed by atoms with van der Waals surface area (Å²) in [7, 11) is 0. The van der Waals surface area contributed by atoms with Gasteiger partial charge in [0.05, 0.1) is 5.56 Å². The van der Waals surface area contributed by atoms with Crippen molar-refractivity contribution in [1.82, 2.24) is 0 Å². The SMILES string of the molecule is O=C(Oc1ccc2oc(=O)ccc2c1)c1ccc(OC(F)=C(F)F)cc1. The van der Waals surface area contributed by atoms with Crippen LogP contribution in [0.2, 0.25) is 0 Å². The molecule has 0 N–H and O–H groups in total. The maximum atomic E-state index is 12.7. The third-order valence-electron chi connectivity index (χ3n) is 3.25. The highest BCUT2D eigenvalue weighted by atomic mass is 19.3. The summed E-state index contributed by atoms with van der Waals surface area (Å²) in [6.07, 6.45) is -2.58. The van der Waals surface area contributed by atoms with Crippen molar-refractivity contribution in [3.05, 3.63) is 82.7 Å². The molecule has 0 saturated carbocycles. The van der Waals surface area contributed by atoms with E-state index in [-0.39, 0.29) is 17.1 Å². The third-order valence-corrected chi connectivity index (χ3v) is 3.25. The van der Waals surface area contributed by atoms with Crippen LogP contribution in [0.3, 0.4) is 0 Å². The number of halogens is 3. The molecule has 5 nitrogen and oxygen atoms in total. The van der Waals surface area contributed by atoms with Crippen LogP contribution >= 0.6 is 0 Å². The van der Waals surface area contributed by atoms with E-state index in [4.69, 9.17) is 9.15 Å². The molecular formula is C18H9F3O5. The molecule has 0 atom stereocenters. The van der Waals surface area contributed by atoms with Crippen LogP contribution in [0.25, 0.3) is 11.0 Å². The number of rotatable bonds is 4. The van der Waals surface area contributed by atoms with Crippen LogP contribution in [0.1, 0.15) is 10.4 Å². The van der Waals surface area contributed by atoms with Crippen molar-refractivity contribution in [1.29, 1.82) is 0 Å². The van der Waals surface area contributed by atoms with Gasteiger partial charge >= 0.3 is 23.7 Å². The third kappa shape index (κ3) is 3.92. The number of fused-ring (bicyclic) bond motifs is 1. The molecule has 0 unspecified atom stereocenters. The van der Waals surface area contributed by atoms with Crippen molar-refractivity contribution >= 4 is 16.9 Å². The van der Waals surface area contributed by atoms with Gasteiger partial charge in [-0.25, -0.2) is 9.59 Å². The first kappa shape index (κ1) is 17.3. The van der Waals surface area contributed by atoms with Gasteiger partial charge in [0.1, 0.15) is 17.1 Å². The summed E-state index contributed by atoms with van der Waals surface area (Å²) in [5, 5.41) is 0.564. The lowest BCUT2D eigenvalue weighted by Crippen LogP contribution is -2.08. The molecule has 3 aromatic rings. The topological polar surface area (TPSA) is 65.7 Å². The zero-order chi connectivity index (χ0) is 18.7. The van der Waals surface area contributed by atoms with Gasteiger partial charge in [0.25, 0.3) is 0 Å². The number of hydrogen-bond donors (Lipinski definition) is 0. The van der Waals surface area contributed by atoms with Crippen molar-refractivity contribution in [3.8, 4) is 11.5 Å². The monoisotopic (exact) mass is 362 g/mol. The van der Waals surface area contributed by atoms with E-state index in [9.17, 15) is 22.8 Å². The Bertz CT molecular complexity index is 1050. The molecule has 0 bridgehead atoms.